The van der Waals surface area contributed by atoms with E-state index in [2.05, 4.69) is 20.3 Å². The van der Waals surface area contributed by atoms with Gasteiger partial charge in [-0.1, -0.05) is 23.4 Å². The number of hydrogen-bond donors (Lipinski definition) is 2. The first-order valence-electron chi connectivity index (χ1n) is 7.18. The van der Waals surface area contributed by atoms with Gasteiger partial charge in [0.15, 0.2) is 5.16 Å². The monoisotopic (exact) mass is 362 g/mol. The Kier molecular flexibility index (Phi) is 4.92. The molecular weight excluding hydrogens is 348 g/mol. The van der Waals surface area contributed by atoms with Crippen molar-refractivity contribution in [1.82, 2.24) is 15.0 Å². The number of carbonyl (C=O) groups is 1. The molecule has 1 amide bonds. The van der Waals surface area contributed by atoms with Crippen LogP contribution in [-0.4, -0.2) is 33.2 Å². The fourth-order valence-corrected chi connectivity index (χ4v) is 2.98. The molecular formula is C16H15ClN4O2S. The summed E-state index contributed by atoms with van der Waals surface area (Å²) in [4.78, 5) is 24.0. The zero-order valence-electron chi connectivity index (χ0n) is 13.0. The lowest BCUT2D eigenvalue weighted by molar-refractivity contribution is -0.115. The van der Waals surface area contributed by atoms with Gasteiger partial charge in [0, 0.05) is 12.3 Å². The van der Waals surface area contributed by atoms with E-state index >= 15 is 0 Å². The van der Waals surface area contributed by atoms with Gasteiger partial charge >= 0.3 is 0 Å². The van der Waals surface area contributed by atoms with Crippen LogP contribution in [0.3, 0.4) is 0 Å². The van der Waals surface area contributed by atoms with Crippen molar-refractivity contribution in [3.8, 4) is 5.75 Å². The molecule has 0 fully saturated rings. The van der Waals surface area contributed by atoms with Crippen molar-refractivity contribution < 1.29 is 9.53 Å². The van der Waals surface area contributed by atoms with E-state index in [4.69, 9.17) is 16.3 Å². The molecule has 8 heteroatoms. The van der Waals surface area contributed by atoms with Crippen LogP contribution in [0, 0.1) is 0 Å². The third-order valence-corrected chi connectivity index (χ3v) is 4.51. The number of anilines is 1. The summed E-state index contributed by atoms with van der Waals surface area (Å²) < 4.78 is 5.19. The Morgan fingerprint density at radius 2 is 2.21 bits per heavy atom. The van der Waals surface area contributed by atoms with Gasteiger partial charge in [0.25, 0.3) is 0 Å². The van der Waals surface area contributed by atoms with Crippen LogP contribution < -0.4 is 10.1 Å². The van der Waals surface area contributed by atoms with Gasteiger partial charge in [-0.2, -0.15) is 0 Å². The van der Waals surface area contributed by atoms with Crippen molar-refractivity contribution in [2.24, 2.45) is 0 Å². The number of thioether (sulfide) groups is 1. The van der Waals surface area contributed by atoms with Crippen molar-refractivity contribution in [1.29, 1.82) is 0 Å². The quantitative estimate of drug-likeness (QED) is 0.676. The first kappa shape index (κ1) is 16.6. The van der Waals surface area contributed by atoms with Crippen molar-refractivity contribution in [2.75, 3.05) is 12.4 Å². The van der Waals surface area contributed by atoms with Gasteiger partial charge in [0.2, 0.25) is 5.91 Å². The lowest BCUT2D eigenvalue weighted by atomic mass is 10.3. The fraction of sp³-hybridized carbons (Fsp3) is 0.188. The Balaban J connectivity index is 1.68. The largest absolute Gasteiger partial charge is 0.497 e. The van der Waals surface area contributed by atoms with Crippen molar-refractivity contribution >= 4 is 46.1 Å². The van der Waals surface area contributed by atoms with E-state index in [0.717, 1.165) is 16.8 Å². The zero-order chi connectivity index (χ0) is 17.1. The number of aromatic nitrogens is 3. The van der Waals surface area contributed by atoms with Crippen molar-refractivity contribution in [2.45, 2.75) is 17.3 Å². The Morgan fingerprint density at radius 3 is 2.92 bits per heavy atom. The highest BCUT2D eigenvalue weighted by Crippen LogP contribution is 2.26. The number of methoxy groups -OCH3 is 1. The predicted molar refractivity (Wildman–Crippen MR) is 95.8 cm³/mol. The lowest BCUT2D eigenvalue weighted by Gasteiger charge is -2.09. The average molecular weight is 363 g/mol. The van der Waals surface area contributed by atoms with Crippen LogP contribution in [-0.2, 0) is 4.79 Å². The molecule has 6 nitrogen and oxygen atoms in total. The number of rotatable bonds is 5. The van der Waals surface area contributed by atoms with Crippen LogP contribution in [0.15, 0.2) is 41.7 Å². The summed E-state index contributed by atoms with van der Waals surface area (Å²) >= 11 is 7.12. The highest BCUT2D eigenvalue weighted by Gasteiger charge is 2.17. The number of ether oxygens (including phenoxy) is 1. The van der Waals surface area contributed by atoms with Gasteiger partial charge in [-0.3, -0.25) is 4.79 Å². The number of aromatic amines is 1. The molecule has 0 unspecified atom stereocenters. The zero-order valence-corrected chi connectivity index (χ0v) is 14.6. The molecule has 0 aliphatic carbocycles. The number of hydrogen-bond acceptors (Lipinski definition) is 5. The van der Waals surface area contributed by atoms with Gasteiger partial charge in [-0.25, -0.2) is 9.97 Å². The van der Waals surface area contributed by atoms with E-state index in [1.807, 2.05) is 25.1 Å². The normalized spacial score (nSPS) is 12.1. The molecule has 2 aromatic heterocycles. The van der Waals surface area contributed by atoms with E-state index in [9.17, 15) is 4.79 Å². The van der Waals surface area contributed by atoms with E-state index in [1.54, 1.807) is 19.2 Å². The van der Waals surface area contributed by atoms with Gasteiger partial charge in [0.05, 0.1) is 28.4 Å². The van der Waals surface area contributed by atoms with E-state index in [1.165, 1.54) is 18.0 Å². The van der Waals surface area contributed by atoms with Crippen LogP contribution in [0.4, 0.5) is 5.82 Å². The molecule has 3 aromatic rings. The van der Waals surface area contributed by atoms with E-state index < -0.39 is 0 Å². The number of amides is 1. The summed E-state index contributed by atoms with van der Waals surface area (Å²) in [5, 5.41) is 3.60. The molecule has 1 aromatic carbocycles. The van der Waals surface area contributed by atoms with Crippen LogP contribution >= 0.6 is 23.4 Å². The minimum Gasteiger partial charge on any atom is -0.497 e. The Hall–Kier alpha value is -2.25. The standard InChI is InChI=1S/C16H15ClN4O2S/c1-9(15(22)21-14-6-3-10(17)8-18-14)24-16-19-12-5-4-11(23-2)7-13(12)20-16/h3-9H,1-2H3,(H,19,20)(H,18,21,22)/t9-/m1/s1. The van der Waals surface area contributed by atoms with Gasteiger partial charge < -0.3 is 15.0 Å². The molecule has 3 rings (SSSR count). The summed E-state index contributed by atoms with van der Waals surface area (Å²) in [6, 6.07) is 8.92. The average Bonchev–Trinajstić information content (AvgIpc) is 2.97. The number of fused-ring (bicyclic) bond motifs is 1. The Morgan fingerprint density at radius 1 is 1.38 bits per heavy atom. The topological polar surface area (TPSA) is 79.9 Å². The third-order valence-electron chi connectivity index (χ3n) is 3.30. The maximum Gasteiger partial charge on any atom is 0.238 e. The number of nitrogens with one attached hydrogen (secondary N) is 2. The first-order valence-corrected chi connectivity index (χ1v) is 8.44. The molecule has 2 N–H and O–H groups in total. The molecule has 124 valence electrons. The summed E-state index contributed by atoms with van der Waals surface area (Å²) in [5.41, 5.74) is 1.69. The predicted octanol–water partition coefficient (Wildman–Crippen LogP) is 3.74. The van der Waals surface area contributed by atoms with E-state index in [-0.39, 0.29) is 11.2 Å². The highest BCUT2D eigenvalue weighted by molar-refractivity contribution is 8.00. The highest BCUT2D eigenvalue weighted by atomic mass is 35.5. The molecule has 0 aliphatic heterocycles. The number of carbonyl (C=O) groups excluding carboxylic acids is 1. The Labute approximate surface area is 148 Å². The summed E-state index contributed by atoms with van der Waals surface area (Å²) in [7, 11) is 1.62. The van der Waals surface area contributed by atoms with Crippen LogP contribution in [0.5, 0.6) is 5.75 Å². The SMILES string of the molecule is COc1ccc2nc(S[C@H](C)C(=O)Nc3ccc(Cl)cn3)[nH]c2c1. The summed E-state index contributed by atoms with van der Waals surface area (Å²) in [6.07, 6.45) is 1.49. The second-order valence-electron chi connectivity index (χ2n) is 5.04. The number of benzene rings is 1. The van der Waals surface area contributed by atoms with Gasteiger partial charge in [0.1, 0.15) is 11.6 Å². The molecule has 24 heavy (non-hydrogen) atoms. The molecule has 0 bridgehead atoms. The third kappa shape index (κ3) is 3.80. The molecule has 0 radical (unpaired) electrons. The maximum absolute atomic E-state index is 12.3. The smallest absolute Gasteiger partial charge is 0.238 e. The molecule has 1 atom stereocenters. The van der Waals surface area contributed by atoms with Crippen LogP contribution in [0.25, 0.3) is 11.0 Å². The van der Waals surface area contributed by atoms with Crippen LogP contribution in [0.1, 0.15) is 6.92 Å². The summed E-state index contributed by atoms with van der Waals surface area (Å²) in [5.74, 6) is 1.06. The minimum atomic E-state index is -0.343. The number of imidazole rings is 1. The van der Waals surface area contributed by atoms with E-state index in [0.29, 0.717) is 16.0 Å². The number of pyridine rings is 1. The molecule has 2 heterocycles. The van der Waals surface area contributed by atoms with Gasteiger partial charge in [-0.05, 0) is 31.2 Å². The second kappa shape index (κ2) is 7.11. The van der Waals surface area contributed by atoms with Crippen molar-refractivity contribution in [3.05, 3.63) is 41.6 Å². The van der Waals surface area contributed by atoms with Gasteiger partial charge in [-0.15, -0.1) is 0 Å². The lowest BCUT2D eigenvalue weighted by Crippen LogP contribution is -2.23. The number of H-pyrrole nitrogens is 1. The molecule has 0 spiro atoms. The Bertz CT molecular complexity index is 866. The second-order valence-corrected chi connectivity index (χ2v) is 6.80. The van der Waals surface area contributed by atoms with Crippen molar-refractivity contribution in [3.63, 3.8) is 0 Å². The summed E-state index contributed by atoms with van der Waals surface area (Å²) in [6.45, 7) is 1.81. The number of halogens is 1. The minimum absolute atomic E-state index is 0.159. The van der Waals surface area contributed by atoms with Crippen LogP contribution in [0.2, 0.25) is 5.02 Å². The molecule has 0 saturated carbocycles. The number of nitrogens with zero attached hydrogens (tertiary/aromatic N) is 2. The maximum atomic E-state index is 12.3. The fourth-order valence-electron chi connectivity index (χ4n) is 2.05. The molecule has 0 aliphatic rings. The first-order chi connectivity index (χ1) is 11.5. The molecule has 0 saturated heterocycles.